The minimum atomic E-state index is -1.37. The molecule has 4 nitrogen and oxygen atoms in total. The van der Waals surface area contributed by atoms with Crippen LogP contribution < -0.4 is 5.32 Å². The predicted molar refractivity (Wildman–Crippen MR) is 97.6 cm³/mol. The smallest absolute Gasteiger partial charge is 0.287 e. The van der Waals surface area contributed by atoms with Crippen molar-refractivity contribution in [1.29, 1.82) is 0 Å². The summed E-state index contributed by atoms with van der Waals surface area (Å²) >= 11 is 0. The Balaban J connectivity index is 1.60. The highest BCUT2D eigenvalue weighted by Crippen LogP contribution is 2.16. The van der Waals surface area contributed by atoms with E-state index in [0.29, 0.717) is 17.2 Å². The average Bonchev–Trinajstić information content (AvgIpc) is 3.10. The van der Waals surface area contributed by atoms with Crippen molar-refractivity contribution in [3.8, 4) is 0 Å². The molecule has 1 N–H and O–H groups in total. The maximum Gasteiger partial charge on any atom is 0.287 e. The van der Waals surface area contributed by atoms with Gasteiger partial charge in [-0.15, -0.1) is 0 Å². The quantitative estimate of drug-likeness (QED) is 0.713. The van der Waals surface area contributed by atoms with Crippen molar-refractivity contribution in [2.24, 2.45) is 0 Å². The van der Waals surface area contributed by atoms with Crippen LogP contribution in [0.25, 0.3) is 0 Å². The molecule has 1 aromatic heterocycles. The molecule has 134 valence electrons. The van der Waals surface area contributed by atoms with E-state index in [1.54, 1.807) is 12.1 Å². The zero-order chi connectivity index (χ0) is 18.5. The molecule has 0 unspecified atom stereocenters. The molecule has 0 saturated carbocycles. The van der Waals surface area contributed by atoms with E-state index in [4.69, 9.17) is 4.42 Å². The maximum absolute atomic E-state index is 12.9. The topological polar surface area (TPSA) is 59.3 Å². The largest absolute Gasteiger partial charge is 0.455 e. The molecular formula is C20H18FNO3S. The van der Waals surface area contributed by atoms with Crippen molar-refractivity contribution in [3.63, 3.8) is 0 Å². The van der Waals surface area contributed by atoms with Gasteiger partial charge in [0.1, 0.15) is 11.6 Å². The highest BCUT2D eigenvalue weighted by atomic mass is 32.2. The molecule has 3 aromatic rings. The Morgan fingerprint density at radius 2 is 1.81 bits per heavy atom. The van der Waals surface area contributed by atoms with Crippen LogP contribution in [0, 0.1) is 12.7 Å². The second-order valence-electron chi connectivity index (χ2n) is 5.82. The molecule has 0 aliphatic rings. The van der Waals surface area contributed by atoms with Gasteiger partial charge in [0.2, 0.25) is 0 Å². The number of hydrogen-bond acceptors (Lipinski definition) is 3. The summed E-state index contributed by atoms with van der Waals surface area (Å²) in [6, 6.07) is 16.5. The van der Waals surface area contributed by atoms with E-state index in [1.807, 2.05) is 31.2 Å². The van der Waals surface area contributed by atoms with E-state index in [9.17, 15) is 13.4 Å². The molecule has 2 aromatic carbocycles. The Morgan fingerprint density at radius 3 is 2.54 bits per heavy atom. The monoisotopic (exact) mass is 371 g/mol. The van der Waals surface area contributed by atoms with Crippen molar-refractivity contribution in [2.45, 2.75) is 24.1 Å². The molecule has 1 amide bonds. The van der Waals surface area contributed by atoms with E-state index in [2.05, 4.69) is 5.32 Å². The second-order valence-corrected chi connectivity index (χ2v) is 7.27. The van der Waals surface area contributed by atoms with Gasteiger partial charge in [0.05, 0.1) is 16.6 Å². The minimum Gasteiger partial charge on any atom is -0.455 e. The van der Waals surface area contributed by atoms with Crippen molar-refractivity contribution in [2.75, 3.05) is 0 Å². The summed E-state index contributed by atoms with van der Waals surface area (Å²) in [4.78, 5) is 12.7. The number of furan rings is 1. The van der Waals surface area contributed by atoms with Gasteiger partial charge in [-0.3, -0.25) is 9.00 Å². The summed E-state index contributed by atoms with van der Waals surface area (Å²) in [6.45, 7) is 2.39. The zero-order valence-corrected chi connectivity index (χ0v) is 15.0. The molecule has 0 spiro atoms. The lowest BCUT2D eigenvalue weighted by atomic mass is 10.1. The number of benzene rings is 2. The number of hydrogen-bond donors (Lipinski definition) is 1. The fourth-order valence-corrected chi connectivity index (χ4v) is 3.47. The molecule has 6 heteroatoms. The summed E-state index contributed by atoms with van der Waals surface area (Å²) in [5.41, 5.74) is 2.13. The van der Waals surface area contributed by atoms with Crippen molar-refractivity contribution in [3.05, 3.63) is 89.1 Å². The molecule has 1 atom stereocenters. The molecule has 0 saturated heterocycles. The van der Waals surface area contributed by atoms with Crippen LogP contribution in [0.1, 0.15) is 27.4 Å². The van der Waals surface area contributed by atoms with Gasteiger partial charge in [0.15, 0.2) is 5.76 Å². The van der Waals surface area contributed by atoms with Gasteiger partial charge in [-0.25, -0.2) is 4.39 Å². The summed E-state index contributed by atoms with van der Waals surface area (Å²) in [7, 11) is -1.37. The molecule has 0 aliphatic heterocycles. The molecule has 0 bridgehead atoms. The summed E-state index contributed by atoms with van der Waals surface area (Å²) in [5.74, 6) is 0.0262. The van der Waals surface area contributed by atoms with Gasteiger partial charge in [-0.05, 0) is 54.4 Å². The molecule has 26 heavy (non-hydrogen) atoms. The predicted octanol–water partition coefficient (Wildman–Crippen LogP) is 3.96. The van der Waals surface area contributed by atoms with Crippen LogP contribution in [0.5, 0.6) is 0 Å². The van der Waals surface area contributed by atoms with Crippen LogP contribution in [0.2, 0.25) is 0 Å². The number of carbonyl (C=O) groups excluding carboxylic acids is 1. The first-order valence-electron chi connectivity index (χ1n) is 8.08. The molecule has 1 heterocycles. The normalized spacial score (nSPS) is 11.9. The lowest BCUT2D eigenvalue weighted by Gasteiger charge is -2.06. The number of rotatable bonds is 6. The number of nitrogens with one attached hydrogen (secondary N) is 1. The highest BCUT2D eigenvalue weighted by molar-refractivity contribution is 7.84. The maximum atomic E-state index is 12.9. The average molecular weight is 371 g/mol. The van der Waals surface area contributed by atoms with Crippen molar-refractivity contribution >= 4 is 16.7 Å². The highest BCUT2D eigenvalue weighted by Gasteiger charge is 2.14. The van der Waals surface area contributed by atoms with Crippen LogP contribution in [0.4, 0.5) is 4.39 Å². The molecule has 0 aliphatic carbocycles. The van der Waals surface area contributed by atoms with Crippen LogP contribution >= 0.6 is 0 Å². The summed E-state index contributed by atoms with van der Waals surface area (Å²) in [6.07, 6.45) is 0. The van der Waals surface area contributed by atoms with E-state index in [0.717, 1.165) is 11.1 Å². The van der Waals surface area contributed by atoms with Gasteiger partial charge in [-0.1, -0.05) is 24.3 Å². The fourth-order valence-electron chi connectivity index (χ4n) is 2.45. The first-order valence-corrected chi connectivity index (χ1v) is 9.40. The van der Waals surface area contributed by atoms with Crippen LogP contribution in [0.3, 0.4) is 0 Å². The number of aryl methyl sites for hydroxylation is 1. The van der Waals surface area contributed by atoms with Gasteiger partial charge in [0, 0.05) is 11.4 Å². The lowest BCUT2D eigenvalue weighted by molar-refractivity contribution is 0.0921. The minimum absolute atomic E-state index is 0.122. The van der Waals surface area contributed by atoms with Gasteiger partial charge >= 0.3 is 0 Å². The first kappa shape index (κ1) is 18.1. The van der Waals surface area contributed by atoms with Gasteiger partial charge < -0.3 is 9.73 Å². The standard InChI is InChI=1S/C20H18FNO3S/c1-14-4-2-3-5-15(14)12-22-20(23)19-11-8-17(25-19)13-26(24)18-9-6-16(21)7-10-18/h2-11H,12-13H2,1H3,(H,22,23)/t26-/m1/s1. The molecule has 0 fully saturated rings. The van der Waals surface area contributed by atoms with Gasteiger partial charge in [-0.2, -0.15) is 0 Å². The second kappa shape index (κ2) is 8.10. The third-order valence-electron chi connectivity index (χ3n) is 3.94. The third kappa shape index (κ3) is 4.46. The molecular weight excluding hydrogens is 353 g/mol. The summed E-state index contributed by atoms with van der Waals surface area (Å²) in [5, 5.41) is 2.81. The number of carbonyl (C=O) groups is 1. The van der Waals surface area contributed by atoms with Crippen LogP contribution in [-0.2, 0) is 23.1 Å². The van der Waals surface area contributed by atoms with Crippen molar-refractivity contribution in [1.82, 2.24) is 5.32 Å². The fraction of sp³-hybridized carbons (Fsp3) is 0.150. The molecule has 0 radical (unpaired) electrons. The Bertz CT molecular complexity index is 934. The number of halogens is 1. The number of amides is 1. The third-order valence-corrected chi connectivity index (χ3v) is 5.28. The van der Waals surface area contributed by atoms with E-state index in [-0.39, 0.29) is 23.2 Å². The van der Waals surface area contributed by atoms with E-state index < -0.39 is 10.8 Å². The Hall–Kier alpha value is -2.73. The van der Waals surface area contributed by atoms with Gasteiger partial charge in [0.25, 0.3) is 5.91 Å². The van der Waals surface area contributed by atoms with Crippen LogP contribution in [0.15, 0.2) is 70.0 Å². The van der Waals surface area contributed by atoms with Crippen molar-refractivity contribution < 1.29 is 17.8 Å². The Kier molecular flexibility index (Phi) is 5.63. The Morgan fingerprint density at radius 1 is 1.08 bits per heavy atom. The zero-order valence-electron chi connectivity index (χ0n) is 14.2. The first-order chi connectivity index (χ1) is 12.5. The Labute approximate surface area is 153 Å². The van der Waals surface area contributed by atoms with E-state index >= 15 is 0 Å². The SMILES string of the molecule is Cc1ccccc1CNC(=O)c1ccc(C[S@@](=O)c2ccc(F)cc2)o1. The van der Waals surface area contributed by atoms with Crippen LogP contribution in [-0.4, -0.2) is 10.1 Å². The summed E-state index contributed by atoms with van der Waals surface area (Å²) < 4.78 is 30.7. The molecule has 3 rings (SSSR count). The van der Waals surface area contributed by atoms with E-state index in [1.165, 1.54) is 24.3 Å². The lowest BCUT2D eigenvalue weighted by Crippen LogP contribution is -2.22.